The van der Waals surface area contributed by atoms with Gasteiger partial charge in [-0.25, -0.2) is 9.99 Å². The van der Waals surface area contributed by atoms with Gasteiger partial charge in [0.2, 0.25) is 0 Å². The molecule has 1 aromatic rings. The van der Waals surface area contributed by atoms with E-state index >= 15 is 0 Å². The standard InChI is InChI=1S/C12H13N5O/c1-9-11-7-10(18)8-16(17(11)15(2)14-9)12-5-3-4-6-13-12/h3-7H,8H2,1-2H3. The summed E-state index contributed by atoms with van der Waals surface area (Å²) in [7, 11) is 1.84. The second-order valence-electron chi connectivity index (χ2n) is 4.21. The molecule has 0 atom stereocenters. The number of carbonyl (C=O) groups excluding carboxylic acids is 1. The zero-order valence-corrected chi connectivity index (χ0v) is 10.2. The number of nitrogens with zero attached hydrogens (tertiary/aromatic N) is 5. The summed E-state index contributed by atoms with van der Waals surface area (Å²) in [6.45, 7) is 2.16. The molecule has 0 spiro atoms. The summed E-state index contributed by atoms with van der Waals surface area (Å²) >= 11 is 0. The molecule has 0 fully saturated rings. The van der Waals surface area contributed by atoms with Gasteiger partial charge in [-0.15, -0.1) is 0 Å². The second-order valence-corrected chi connectivity index (χ2v) is 4.21. The number of rotatable bonds is 1. The SMILES string of the molecule is CC1=NN(C)N2C1=CC(=O)CN2c1ccccn1. The van der Waals surface area contributed by atoms with Crippen LogP contribution in [0.2, 0.25) is 0 Å². The van der Waals surface area contributed by atoms with Crippen molar-refractivity contribution in [3.8, 4) is 0 Å². The smallest absolute Gasteiger partial charge is 0.179 e. The van der Waals surface area contributed by atoms with E-state index in [4.69, 9.17) is 0 Å². The Morgan fingerprint density at radius 3 is 2.89 bits per heavy atom. The van der Waals surface area contributed by atoms with Gasteiger partial charge in [0.15, 0.2) is 5.78 Å². The number of hydrogen-bond donors (Lipinski definition) is 0. The van der Waals surface area contributed by atoms with E-state index in [1.54, 1.807) is 17.4 Å². The van der Waals surface area contributed by atoms with Crippen molar-refractivity contribution in [3.05, 3.63) is 36.2 Å². The molecule has 6 nitrogen and oxygen atoms in total. The number of pyridine rings is 1. The first-order chi connectivity index (χ1) is 8.66. The van der Waals surface area contributed by atoms with Crippen LogP contribution in [0.1, 0.15) is 6.92 Å². The van der Waals surface area contributed by atoms with Crippen molar-refractivity contribution >= 4 is 17.3 Å². The van der Waals surface area contributed by atoms with Gasteiger partial charge in [-0.1, -0.05) is 6.07 Å². The number of hydrazone groups is 1. The topological polar surface area (TPSA) is 52.0 Å². The van der Waals surface area contributed by atoms with Crippen LogP contribution in [-0.4, -0.2) is 40.3 Å². The molecule has 0 radical (unpaired) electrons. The lowest BCUT2D eigenvalue weighted by molar-refractivity contribution is -0.115. The Bertz CT molecular complexity index is 551. The van der Waals surface area contributed by atoms with Crippen LogP contribution in [0, 0.1) is 0 Å². The summed E-state index contributed by atoms with van der Waals surface area (Å²) in [5, 5.41) is 9.72. The van der Waals surface area contributed by atoms with Gasteiger partial charge in [-0.05, 0) is 19.1 Å². The number of hydrazine groups is 2. The van der Waals surface area contributed by atoms with E-state index in [0.29, 0.717) is 0 Å². The number of allylic oxidation sites excluding steroid dienone is 1. The number of carbonyl (C=O) groups is 1. The second kappa shape index (κ2) is 3.83. The van der Waals surface area contributed by atoms with E-state index in [1.807, 2.05) is 42.3 Å². The zero-order valence-electron chi connectivity index (χ0n) is 10.2. The Kier molecular flexibility index (Phi) is 2.29. The molecule has 0 unspecified atom stereocenters. The van der Waals surface area contributed by atoms with Crippen LogP contribution < -0.4 is 5.01 Å². The van der Waals surface area contributed by atoms with Crippen LogP contribution in [0.4, 0.5) is 5.82 Å². The predicted molar refractivity (Wildman–Crippen MR) is 67.4 cm³/mol. The Hall–Kier alpha value is -2.37. The van der Waals surface area contributed by atoms with E-state index in [2.05, 4.69) is 10.1 Å². The monoisotopic (exact) mass is 243 g/mol. The Labute approximate surface area is 105 Å². The van der Waals surface area contributed by atoms with Gasteiger partial charge in [-0.2, -0.15) is 15.3 Å². The Balaban J connectivity index is 2.04. The van der Waals surface area contributed by atoms with Crippen molar-refractivity contribution in [1.29, 1.82) is 0 Å². The predicted octanol–water partition coefficient (Wildman–Crippen LogP) is 0.808. The molecule has 3 rings (SSSR count). The fraction of sp³-hybridized carbons (Fsp3) is 0.250. The van der Waals surface area contributed by atoms with Crippen molar-refractivity contribution in [2.45, 2.75) is 6.92 Å². The van der Waals surface area contributed by atoms with E-state index in [9.17, 15) is 4.79 Å². The molecular weight excluding hydrogens is 230 g/mol. The van der Waals surface area contributed by atoms with Gasteiger partial charge in [0.25, 0.3) is 0 Å². The largest absolute Gasteiger partial charge is 0.293 e. The van der Waals surface area contributed by atoms with Crippen LogP contribution in [0.3, 0.4) is 0 Å². The maximum absolute atomic E-state index is 11.8. The van der Waals surface area contributed by atoms with Crippen LogP contribution in [0.25, 0.3) is 0 Å². The lowest BCUT2D eigenvalue weighted by Crippen LogP contribution is -2.52. The number of hydrogen-bond acceptors (Lipinski definition) is 6. The van der Waals surface area contributed by atoms with Gasteiger partial charge >= 0.3 is 0 Å². The molecule has 0 saturated carbocycles. The first-order valence-corrected chi connectivity index (χ1v) is 5.69. The molecule has 1 aromatic heterocycles. The third-order valence-electron chi connectivity index (χ3n) is 2.90. The Morgan fingerprint density at radius 2 is 2.17 bits per heavy atom. The quantitative estimate of drug-likeness (QED) is 0.730. The first-order valence-electron chi connectivity index (χ1n) is 5.69. The molecule has 92 valence electrons. The van der Waals surface area contributed by atoms with Gasteiger partial charge < -0.3 is 0 Å². The van der Waals surface area contributed by atoms with Crippen molar-refractivity contribution in [1.82, 2.24) is 15.2 Å². The molecule has 3 heterocycles. The third kappa shape index (κ3) is 1.54. The molecule has 6 heteroatoms. The summed E-state index contributed by atoms with van der Waals surface area (Å²) in [4.78, 5) is 16.1. The molecule has 2 aliphatic rings. The van der Waals surface area contributed by atoms with Gasteiger partial charge in [0.1, 0.15) is 18.1 Å². The van der Waals surface area contributed by atoms with Crippen LogP contribution in [0.15, 0.2) is 41.3 Å². The lowest BCUT2D eigenvalue weighted by atomic mass is 10.2. The maximum atomic E-state index is 11.8. The minimum absolute atomic E-state index is 0.0525. The molecular formula is C12H13N5O. The fourth-order valence-electron chi connectivity index (χ4n) is 2.16. The normalized spacial score (nSPS) is 18.8. The molecule has 0 aromatic carbocycles. The zero-order chi connectivity index (χ0) is 12.7. The van der Waals surface area contributed by atoms with Crippen molar-refractivity contribution < 1.29 is 4.79 Å². The van der Waals surface area contributed by atoms with Gasteiger partial charge in [-0.3, -0.25) is 4.79 Å². The van der Waals surface area contributed by atoms with E-state index < -0.39 is 0 Å². The molecule has 18 heavy (non-hydrogen) atoms. The van der Waals surface area contributed by atoms with E-state index in [-0.39, 0.29) is 12.3 Å². The Morgan fingerprint density at radius 1 is 1.33 bits per heavy atom. The summed E-state index contributed by atoms with van der Waals surface area (Å²) in [5.74, 6) is 0.782. The van der Waals surface area contributed by atoms with Crippen molar-refractivity contribution in [2.24, 2.45) is 5.10 Å². The highest BCUT2D eigenvalue weighted by atomic mass is 16.1. The lowest BCUT2D eigenvalue weighted by Gasteiger charge is -2.39. The highest BCUT2D eigenvalue weighted by Crippen LogP contribution is 2.27. The number of ketones is 1. The summed E-state index contributed by atoms with van der Waals surface area (Å²) < 4.78 is 0. The molecule has 0 N–H and O–H groups in total. The van der Waals surface area contributed by atoms with Crippen molar-refractivity contribution in [3.63, 3.8) is 0 Å². The van der Waals surface area contributed by atoms with Gasteiger partial charge in [0, 0.05) is 19.3 Å². The third-order valence-corrected chi connectivity index (χ3v) is 2.90. The summed E-state index contributed by atoms with van der Waals surface area (Å²) in [5.41, 5.74) is 1.63. The maximum Gasteiger partial charge on any atom is 0.179 e. The summed E-state index contributed by atoms with van der Waals surface area (Å²) in [6, 6.07) is 5.62. The van der Waals surface area contributed by atoms with Gasteiger partial charge in [0.05, 0.1) is 5.71 Å². The molecule has 0 amide bonds. The minimum atomic E-state index is 0.0525. The van der Waals surface area contributed by atoms with Crippen molar-refractivity contribution in [2.75, 3.05) is 18.6 Å². The highest BCUT2D eigenvalue weighted by Gasteiger charge is 2.35. The molecule has 2 aliphatic heterocycles. The first kappa shape index (κ1) is 10.8. The average molecular weight is 243 g/mol. The fourth-order valence-corrected chi connectivity index (χ4v) is 2.16. The van der Waals surface area contributed by atoms with E-state index in [0.717, 1.165) is 17.2 Å². The summed E-state index contributed by atoms with van der Waals surface area (Å²) in [6.07, 6.45) is 3.34. The highest BCUT2D eigenvalue weighted by molar-refractivity contribution is 6.07. The number of fused-ring (bicyclic) bond motifs is 1. The van der Waals surface area contributed by atoms with Crippen LogP contribution in [-0.2, 0) is 4.79 Å². The average Bonchev–Trinajstić information content (AvgIpc) is 2.65. The molecule has 0 saturated heterocycles. The molecule has 0 bridgehead atoms. The number of aromatic nitrogens is 1. The van der Waals surface area contributed by atoms with E-state index in [1.165, 1.54) is 0 Å². The molecule has 0 aliphatic carbocycles. The van der Waals surface area contributed by atoms with Crippen LogP contribution in [0.5, 0.6) is 0 Å². The minimum Gasteiger partial charge on any atom is -0.293 e. The number of anilines is 1. The van der Waals surface area contributed by atoms with Crippen LogP contribution >= 0.6 is 0 Å².